The molecule has 7 N–H and O–H groups in total. The minimum Gasteiger partial charge on any atom is -0.481 e. The minimum absolute atomic E-state index is 0.00788. The molecule has 0 spiro atoms. The Labute approximate surface area is 192 Å². The molecule has 0 atom stereocenters. The van der Waals surface area contributed by atoms with Crippen LogP contribution in [0.3, 0.4) is 0 Å². The first-order chi connectivity index (χ1) is 15.9. The van der Waals surface area contributed by atoms with Crippen molar-refractivity contribution in [3.05, 3.63) is 53.6 Å². The van der Waals surface area contributed by atoms with Crippen LogP contribution in [-0.2, 0) is 11.3 Å². The van der Waals surface area contributed by atoms with E-state index in [-0.39, 0.29) is 24.7 Å². The molecule has 3 rings (SSSR count). The van der Waals surface area contributed by atoms with Crippen molar-refractivity contribution in [3.8, 4) is 11.4 Å². The molecule has 174 valence electrons. The van der Waals surface area contributed by atoms with E-state index in [1.54, 1.807) is 24.3 Å². The predicted molar refractivity (Wildman–Crippen MR) is 128 cm³/mol. The van der Waals surface area contributed by atoms with Gasteiger partial charge in [0.1, 0.15) is 11.7 Å². The molecule has 0 aliphatic carbocycles. The molecular formula is C24H30N6O3. The number of rotatable bonds is 12. The van der Waals surface area contributed by atoms with Gasteiger partial charge >= 0.3 is 5.97 Å². The number of carbonyl (C=O) groups excluding carboxylic acids is 1. The van der Waals surface area contributed by atoms with Crippen LogP contribution >= 0.6 is 0 Å². The highest BCUT2D eigenvalue weighted by atomic mass is 16.4. The molecule has 9 heteroatoms. The summed E-state index contributed by atoms with van der Waals surface area (Å²) in [4.78, 5) is 27.9. The van der Waals surface area contributed by atoms with E-state index in [1.807, 2.05) is 18.2 Å². The van der Waals surface area contributed by atoms with Gasteiger partial charge in [0.15, 0.2) is 0 Å². The fourth-order valence-corrected chi connectivity index (χ4v) is 3.67. The van der Waals surface area contributed by atoms with Crippen LogP contribution in [-0.4, -0.2) is 45.5 Å². The third kappa shape index (κ3) is 6.17. The van der Waals surface area contributed by atoms with Crippen LogP contribution in [0, 0.1) is 5.41 Å². The van der Waals surface area contributed by atoms with Crippen LogP contribution in [0.4, 0.5) is 0 Å². The molecule has 3 aromatic rings. The van der Waals surface area contributed by atoms with Gasteiger partial charge in [0.2, 0.25) is 0 Å². The maximum atomic E-state index is 12.4. The smallest absolute Gasteiger partial charge is 0.305 e. The van der Waals surface area contributed by atoms with E-state index >= 15 is 0 Å². The van der Waals surface area contributed by atoms with Crippen LogP contribution in [0.1, 0.15) is 48.0 Å². The van der Waals surface area contributed by atoms with E-state index in [0.717, 1.165) is 49.1 Å². The second kappa shape index (κ2) is 11.2. The lowest BCUT2D eigenvalue weighted by atomic mass is 10.1. The third-order valence-electron chi connectivity index (χ3n) is 5.42. The number of carboxylic acid groups (broad SMARTS) is 1. The Bertz CT molecular complexity index is 1140. The number of fused-ring (bicyclic) bond motifs is 1. The topological polar surface area (TPSA) is 160 Å². The highest BCUT2D eigenvalue weighted by Crippen LogP contribution is 2.27. The van der Waals surface area contributed by atoms with Crippen molar-refractivity contribution in [1.29, 1.82) is 5.41 Å². The maximum absolute atomic E-state index is 12.4. The number of nitrogens with one attached hydrogen (secondary N) is 2. The number of nitrogen functional groups attached to an aromatic ring is 1. The van der Waals surface area contributed by atoms with Crippen LogP contribution < -0.4 is 16.8 Å². The number of aromatic nitrogens is 2. The van der Waals surface area contributed by atoms with Crippen molar-refractivity contribution in [3.63, 3.8) is 0 Å². The number of unbranched alkanes of at least 4 members (excludes halogenated alkanes) is 3. The zero-order valence-electron chi connectivity index (χ0n) is 18.5. The average Bonchev–Trinajstić information content (AvgIpc) is 3.16. The Hall–Kier alpha value is -3.72. The van der Waals surface area contributed by atoms with Crippen molar-refractivity contribution >= 4 is 28.7 Å². The summed E-state index contributed by atoms with van der Waals surface area (Å²) in [5, 5.41) is 19.0. The molecule has 1 aromatic heterocycles. The largest absolute Gasteiger partial charge is 0.481 e. The number of nitrogens with zero attached hydrogens (tertiary/aromatic N) is 2. The summed E-state index contributed by atoms with van der Waals surface area (Å²) >= 11 is 0. The summed E-state index contributed by atoms with van der Waals surface area (Å²) in [6.07, 6.45) is 3.98. The van der Waals surface area contributed by atoms with Gasteiger partial charge in [-0.3, -0.25) is 15.0 Å². The maximum Gasteiger partial charge on any atom is 0.305 e. The number of amidine groups is 1. The summed E-state index contributed by atoms with van der Waals surface area (Å²) in [7, 11) is 0. The number of aliphatic carboxylic acids is 1. The SMILES string of the molecule is N=C(N)c1ccc(-c2nc3cc(C(=O)NCCC(=O)O)ccc3n2CCCCCCN)cc1. The standard InChI is InChI=1S/C24H30N6O3/c25-12-3-1-2-4-14-30-20-10-9-18(24(33)28-13-11-21(31)32)15-19(20)29-23(30)17-7-5-16(6-8-17)22(26)27/h5-10,15H,1-4,11-14,25H2,(H3,26,27)(H,28,33)(H,31,32). The number of benzene rings is 2. The molecule has 1 heterocycles. The second-order valence-corrected chi connectivity index (χ2v) is 7.88. The molecular weight excluding hydrogens is 420 g/mol. The van der Waals surface area contributed by atoms with Crippen molar-refractivity contribution in [1.82, 2.24) is 14.9 Å². The van der Waals surface area contributed by atoms with E-state index in [0.29, 0.717) is 23.2 Å². The predicted octanol–water partition coefficient (Wildman–Crippen LogP) is 2.71. The molecule has 2 aromatic carbocycles. The van der Waals surface area contributed by atoms with E-state index in [9.17, 15) is 9.59 Å². The number of carboxylic acids is 1. The molecule has 33 heavy (non-hydrogen) atoms. The molecule has 0 fully saturated rings. The zero-order valence-corrected chi connectivity index (χ0v) is 18.5. The molecule has 0 unspecified atom stereocenters. The number of imidazole rings is 1. The lowest BCUT2D eigenvalue weighted by Crippen LogP contribution is -2.25. The molecule has 0 aliphatic rings. The van der Waals surface area contributed by atoms with Gasteiger partial charge in [0, 0.05) is 29.8 Å². The van der Waals surface area contributed by atoms with Gasteiger partial charge in [-0.15, -0.1) is 0 Å². The molecule has 0 aliphatic heterocycles. The van der Waals surface area contributed by atoms with Gasteiger partial charge in [-0.05, 0) is 37.6 Å². The van der Waals surface area contributed by atoms with Gasteiger partial charge < -0.3 is 26.5 Å². The lowest BCUT2D eigenvalue weighted by molar-refractivity contribution is -0.136. The molecule has 0 bridgehead atoms. The first-order valence-electron chi connectivity index (χ1n) is 11.1. The highest BCUT2D eigenvalue weighted by molar-refractivity contribution is 5.98. The third-order valence-corrected chi connectivity index (χ3v) is 5.42. The molecule has 0 saturated carbocycles. The van der Waals surface area contributed by atoms with Crippen molar-refractivity contribution < 1.29 is 14.7 Å². The Balaban J connectivity index is 1.91. The minimum atomic E-state index is -0.962. The quantitative estimate of drug-likeness (QED) is 0.162. The van der Waals surface area contributed by atoms with Gasteiger partial charge in [-0.1, -0.05) is 37.1 Å². The summed E-state index contributed by atoms with van der Waals surface area (Å²) in [5.74, 6) is -0.505. The fourth-order valence-electron chi connectivity index (χ4n) is 3.67. The number of amides is 1. The van der Waals surface area contributed by atoms with Crippen LogP contribution in [0.25, 0.3) is 22.4 Å². The first kappa shape index (κ1) is 23.9. The van der Waals surface area contributed by atoms with Crippen molar-refractivity contribution in [2.24, 2.45) is 11.5 Å². The van der Waals surface area contributed by atoms with E-state index in [2.05, 4.69) is 9.88 Å². The van der Waals surface area contributed by atoms with Gasteiger partial charge in [0.25, 0.3) is 5.91 Å². The number of carbonyl (C=O) groups is 2. The number of hydrogen-bond acceptors (Lipinski definition) is 5. The number of hydrogen-bond donors (Lipinski definition) is 5. The molecule has 1 amide bonds. The lowest BCUT2D eigenvalue weighted by Gasteiger charge is -2.10. The summed E-state index contributed by atoms with van der Waals surface area (Å²) in [6.45, 7) is 1.53. The summed E-state index contributed by atoms with van der Waals surface area (Å²) < 4.78 is 2.15. The summed E-state index contributed by atoms with van der Waals surface area (Å²) in [6, 6.07) is 12.7. The first-order valence-corrected chi connectivity index (χ1v) is 11.1. The van der Waals surface area contributed by atoms with E-state index in [4.69, 9.17) is 27.0 Å². The zero-order chi connectivity index (χ0) is 23.8. The van der Waals surface area contributed by atoms with Crippen LogP contribution in [0.2, 0.25) is 0 Å². The Kier molecular flexibility index (Phi) is 8.15. The summed E-state index contributed by atoms with van der Waals surface area (Å²) in [5.41, 5.74) is 14.7. The van der Waals surface area contributed by atoms with Crippen molar-refractivity contribution in [2.75, 3.05) is 13.1 Å². The van der Waals surface area contributed by atoms with Crippen molar-refractivity contribution in [2.45, 2.75) is 38.6 Å². The van der Waals surface area contributed by atoms with E-state index < -0.39 is 5.97 Å². The molecule has 0 saturated heterocycles. The second-order valence-electron chi connectivity index (χ2n) is 7.88. The average molecular weight is 451 g/mol. The number of aryl methyl sites for hydroxylation is 1. The Morgan fingerprint density at radius 1 is 1.03 bits per heavy atom. The van der Waals surface area contributed by atoms with E-state index in [1.165, 1.54) is 0 Å². The van der Waals surface area contributed by atoms with Gasteiger partial charge in [-0.25, -0.2) is 4.98 Å². The van der Waals surface area contributed by atoms with Crippen LogP contribution in [0.15, 0.2) is 42.5 Å². The van der Waals surface area contributed by atoms with Gasteiger partial charge in [-0.2, -0.15) is 0 Å². The van der Waals surface area contributed by atoms with Crippen LogP contribution in [0.5, 0.6) is 0 Å². The van der Waals surface area contributed by atoms with Gasteiger partial charge in [0.05, 0.1) is 17.5 Å². The fraction of sp³-hybridized carbons (Fsp3) is 0.333. The number of nitrogens with two attached hydrogens (primary N) is 2. The Morgan fingerprint density at radius 3 is 2.39 bits per heavy atom. The highest BCUT2D eigenvalue weighted by Gasteiger charge is 2.15. The normalized spacial score (nSPS) is 10.9. The Morgan fingerprint density at radius 2 is 1.73 bits per heavy atom. The molecule has 0 radical (unpaired) electrons. The monoisotopic (exact) mass is 450 g/mol. The molecule has 9 nitrogen and oxygen atoms in total.